The number of rotatable bonds is 4. The predicted octanol–water partition coefficient (Wildman–Crippen LogP) is 3.51. The van der Waals surface area contributed by atoms with Crippen molar-refractivity contribution in [2.24, 2.45) is 5.41 Å². The van der Waals surface area contributed by atoms with Gasteiger partial charge in [-0.05, 0) is 52.7 Å². The predicted molar refractivity (Wildman–Crippen MR) is 68.4 cm³/mol. The molecule has 0 atom stereocenters. The van der Waals surface area contributed by atoms with Crippen LogP contribution in [-0.2, 0) is 0 Å². The highest BCUT2D eigenvalue weighted by molar-refractivity contribution is 9.10. The minimum absolute atomic E-state index is 0.212. The van der Waals surface area contributed by atoms with Crippen molar-refractivity contribution in [3.8, 4) is 0 Å². The quantitative estimate of drug-likeness (QED) is 0.906. The Bertz CT molecular complexity index is 443. The molecule has 2 nitrogen and oxygen atoms in total. The zero-order valence-corrected chi connectivity index (χ0v) is 11.3. The van der Waals surface area contributed by atoms with Crippen molar-refractivity contribution >= 4 is 21.8 Å². The van der Waals surface area contributed by atoms with Crippen molar-refractivity contribution in [3.05, 3.63) is 34.1 Å². The fourth-order valence-corrected chi connectivity index (χ4v) is 2.32. The normalized spacial score (nSPS) is 16.6. The summed E-state index contributed by atoms with van der Waals surface area (Å²) in [6.45, 7) is 2.82. The van der Waals surface area contributed by atoms with E-state index in [-0.39, 0.29) is 10.4 Å². The van der Waals surface area contributed by atoms with Gasteiger partial charge in [0.1, 0.15) is 5.82 Å². The largest absolute Gasteiger partial charge is 0.351 e. The summed E-state index contributed by atoms with van der Waals surface area (Å²) in [5.74, 6) is -0.620. The van der Waals surface area contributed by atoms with Gasteiger partial charge in [-0.1, -0.05) is 13.0 Å². The Morgan fingerprint density at radius 3 is 2.82 bits per heavy atom. The first-order valence-corrected chi connectivity index (χ1v) is 6.59. The third kappa shape index (κ3) is 2.68. The van der Waals surface area contributed by atoms with Gasteiger partial charge in [0.15, 0.2) is 0 Å². The number of nitrogens with one attached hydrogen (secondary N) is 1. The van der Waals surface area contributed by atoms with E-state index in [0.29, 0.717) is 17.5 Å². The Labute approximate surface area is 109 Å². The number of hydrogen-bond donors (Lipinski definition) is 1. The van der Waals surface area contributed by atoms with Gasteiger partial charge in [0.25, 0.3) is 5.91 Å². The van der Waals surface area contributed by atoms with E-state index in [4.69, 9.17) is 0 Å². The van der Waals surface area contributed by atoms with Crippen LogP contribution in [-0.4, -0.2) is 12.5 Å². The number of benzene rings is 1. The van der Waals surface area contributed by atoms with E-state index in [1.165, 1.54) is 18.9 Å². The molecule has 1 amide bonds. The smallest absolute Gasteiger partial charge is 0.252 e. The molecular weight excluding hydrogens is 285 g/mol. The molecule has 17 heavy (non-hydrogen) atoms. The molecule has 0 aliphatic heterocycles. The third-order valence-electron chi connectivity index (χ3n) is 3.53. The number of carbonyl (C=O) groups excluding carboxylic acids is 1. The number of halogens is 2. The Morgan fingerprint density at radius 1 is 1.53 bits per heavy atom. The first-order valence-electron chi connectivity index (χ1n) is 5.80. The van der Waals surface area contributed by atoms with Crippen molar-refractivity contribution in [2.75, 3.05) is 6.54 Å². The van der Waals surface area contributed by atoms with Crippen LogP contribution < -0.4 is 5.32 Å². The highest BCUT2D eigenvalue weighted by Crippen LogP contribution is 2.47. The molecule has 0 bridgehead atoms. The molecule has 0 spiro atoms. The molecule has 1 aliphatic rings. The van der Waals surface area contributed by atoms with E-state index in [2.05, 4.69) is 28.2 Å². The maximum atomic E-state index is 13.3. The molecule has 0 unspecified atom stereocenters. The molecule has 1 aliphatic carbocycles. The average Bonchev–Trinajstić information content (AvgIpc) is 3.10. The molecular formula is C13H15BrFNO. The van der Waals surface area contributed by atoms with Gasteiger partial charge in [-0.25, -0.2) is 4.39 Å². The van der Waals surface area contributed by atoms with Crippen LogP contribution in [0.15, 0.2) is 22.7 Å². The lowest BCUT2D eigenvalue weighted by atomic mass is 10.0. The fraction of sp³-hybridized carbons (Fsp3) is 0.462. The second-order valence-electron chi connectivity index (χ2n) is 4.64. The summed E-state index contributed by atoms with van der Waals surface area (Å²) in [5.41, 5.74) is 0.659. The molecule has 1 aromatic rings. The molecule has 0 radical (unpaired) electrons. The summed E-state index contributed by atoms with van der Waals surface area (Å²) >= 11 is 3.10. The van der Waals surface area contributed by atoms with Crippen LogP contribution in [0.3, 0.4) is 0 Å². The molecule has 4 heteroatoms. The lowest BCUT2D eigenvalue weighted by molar-refractivity contribution is 0.0943. The molecule has 1 fully saturated rings. The summed E-state index contributed by atoms with van der Waals surface area (Å²) in [5, 5.41) is 2.89. The van der Waals surface area contributed by atoms with E-state index < -0.39 is 5.82 Å². The van der Waals surface area contributed by atoms with Gasteiger partial charge in [0.05, 0.1) is 10.0 Å². The lowest BCUT2D eigenvalue weighted by Gasteiger charge is -2.14. The zero-order chi connectivity index (χ0) is 12.5. The Morgan fingerprint density at radius 2 is 2.24 bits per heavy atom. The number of carbonyl (C=O) groups is 1. The van der Waals surface area contributed by atoms with Gasteiger partial charge in [-0.15, -0.1) is 0 Å². The van der Waals surface area contributed by atoms with Gasteiger partial charge in [0, 0.05) is 6.54 Å². The van der Waals surface area contributed by atoms with Crippen LogP contribution in [0.5, 0.6) is 0 Å². The van der Waals surface area contributed by atoms with E-state index >= 15 is 0 Å². The first kappa shape index (κ1) is 12.6. The minimum Gasteiger partial charge on any atom is -0.351 e. The van der Waals surface area contributed by atoms with Crippen LogP contribution in [0.25, 0.3) is 0 Å². The monoisotopic (exact) mass is 299 g/mol. The molecule has 0 heterocycles. The summed E-state index contributed by atoms with van der Waals surface area (Å²) in [6, 6.07) is 4.49. The number of amides is 1. The molecule has 2 rings (SSSR count). The highest BCUT2D eigenvalue weighted by atomic mass is 79.9. The zero-order valence-electron chi connectivity index (χ0n) is 9.72. The fourth-order valence-electron chi connectivity index (χ4n) is 1.87. The Hall–Kier alpha value is -0.900. The topological polar surface area (TPSA) is 29.1 Å². The van der Waals surface area contributed by atoms with Gasteiger partial charge >= 0.3 is 0 Å². The van der Waals surface area contributed by atoms with Crippen molar-refractivity contribution < 1.29 is 9.18 Å². The van der Waals surface area contributed by atoms with Crippen molar-refractivity contribution in [1.82, 2.24) is 5.32 Å². The van der Waals surface area contributed by atoms with E-state index in [0.717, 1.165) is 6.42 Å². The van der Waals surface area contributed by atoms with Gasteiger partial charge in [-0.3, -0.25) is 4.79 Å². The van der Waals surface area contributed by atoms with Crippen LogP contribution in [0.2, 0.25) is 0 Å². The second-order valence-corrected chi connectivity index (χ2v) is 5.43. The number of hydrogen-bond acceptors (Lipinski definition) is 1. The maximum absolute atomic E-state index is 13.3. The summed E-state index contributed by atoms with van der Waals surface area (Å²) in [4.78, 5) is 11.9. The first-order chi connectivity index (χ1) is 8.08. The van der Waals surface area contributed by atoms with Crippen molar-refractivity contribution in [3.63, 3.8) is 0 Å². The van der Waals surface area contributed by atoms with Gasteiger partial charge in [-0.2, -0.15) is 0 Å². The van der Waals surface area contributed by atoms with Gasteiger partial charge in [0.2, 0.25) is 0 Å². The maximum Gasteiger partial charge on any atom is 0.252 e. The van der Waals surface area contributed by atoms with Crippen LogP contribution >= 0.6 is 15.9 Å². The third-order valence-corrected chi connectivity index (χ3v) is 4.33. The molecule has 1 aromatic carbocycles. The molecule has 0 aromatic heterocycles. The summed E-state index contributed by atoms with van der Waals surface area (Å²) in [7, 11) is 0. The Kier molecular flexibility index (Phi) is 3.52. The van der Waals surface area contributed by atoms with Crippen LogP contribution in [0, 0.1) is 11.2 Å². The summed E-state index contributed by atoms with van der Waals surface area (Å²) in [6.07, 6.45) is 3.43. The molecule has 1 N–H and O–H groups in total. The van der Waals surface area contributed by atoms with E-state index in [9.17, 15) is 9.18 Å². The van der Waals surface area contributed by atoms with E-state index in [1.54, 1.807) is 12.1 Å². The molecule has 0 saturated heterocycles. The summed E-state index contributed by atoms with van der Waals surface area (Å²) < 4.78 is 13.5. The molecule has 1 saturated carbocycles. The van der Waals surface area contributed by atoms with Crippen molar-refractivity contribution in [1.29, 1.82) is 0 Å². The SMILES string of the molecule is CCC1(CNC(=O)c2cccc(F)c2Br)CC1. The van der Waals surface area contributed by atoms with Crippen LogP contribution in [0.1, 0.15) is 36.5 Å². The van der Waals surface area contributed by atoms with Gasteiger partial charge < -0.3 is 5.32 Å². The van der Waals surface area contributed by atoms with Crippen molar-refractivity contribution in [2.45, 2.75) is 26.2 Å². The van der Waals surface area contributed by atoms with Crippen LogP contribution in [0.4, 0.5) is 4.39 Å². The highest BCUT2D eigenvalue weighted by Gasteiger charge is 2.40. The standard InChI is InChI=1S/C13H15BrFNO/c1-2-13(6-7-13)8-16-12(17)9-4-3-5-10(15)11(9)14/h3-5H,2,6-8H2,1H3,(H,16,17). The van der Waals surface area contributed by atoms with E-state index in [1.807, 2.05) is 0 Å². The molecule has 92 valence electrons. The second kappa shape index (κ2) is 4.77. The Balaban J connectivity index is 2.02. The minimum atomic E-state index is -0.408. The lowest BCUT2D eigenvalue weighted by Crippen LogP contribution is -2.30. The average molecular weight is 300 g/mol.